The molecule has 134 valence electrons. The van der Waals surface area contributed by atoms with E-state index in [1.807, 2.05) is 20.1 Å². The van der Waals surface area contributed by atoms with E-state index in [1.165, 1.54) is 0 Å². The van der Waals surface area contributed by atoms with Crippen molar-refractivity contribution in [1.82, 2.24) is 5.32 Å². The van der Waals surface area contributed by atoms with Crippen molar-refractivity contribution < 1.29 is 28.0 Å². The lowest BCUT2D eigenvalue weighted by atomic mass is 10.3. The first-order valence-electron chi connectivity index (χ1n) is 6.87. The summed E-state index contributed by atoms with van der Waals surface area (Å²) in [7, 11) is -2.66. The van der Waals surface area contributed by atoms with Crippen LogP contribution in [0.4, 0.5) is 0 Å². The van der Waals surface area contributed by atoms with Crippen LogP contribution in [0.3, 0.4) is 0 Å². The number of aldehydes is 1. The molecule has 0 aliphatic carbocycles. The lowest BCUT2D eigenvalue weighted by Gasteiger charge is -2.05. The van der Waals surface area contributed by atoms with Crippen molar-refractivity contribution in [2.75, 3.05) is 19.1 Å². The normalized spacial score (nSPS) is 11.3. The molecule has 0 bridgehead atoms. The van der Waals surface area contributed by atoms with E-state index >= 15 is 0 Å². The van der Waals surface area contributed by atoms with Gasteiger partial charge in [-0.1, -0.05) is 13.8 Å². The predicted octanol–water partition coefficient (Wildman–Crippen LogP) is 1.90. The summed E-state index contributed by atoms with van der Waals surface area (Å²) in [6.07, 6.45) is 3.93. The van der Waals surface area contributed by atoms with Gasteiger partial charge in [0.25, 0.3) is 10.1 Å². The molecule has 0 spiro atoms. The quantitative estimate of drug-likeness (QED) is 0.341. The van der Waals surface area contributed by atoms with Gasteiger partial charge in [-0.15, -0.1) is 0 Å². The van der Waals surface area contributed by atoms with Gasteiger partial charge in [0.05, 0.1) is 6.04 Å². The molecule has 1 aromatic carbocycles. The first-order chi connectivity index (χ1) is 10.8. The molecule has 0 saturated carbocycles. The Hall–Kier alpha value is -1.29. The van der Waals surface area contributed by atoms with Crippen molar-refractivity contribution >= 4 is 28.2 Å². The van der Waals surface area contributed by atoms with Gasteiger partial charge in [-0.3, -0.25) is 4.55 Å². The van der Waals surface area contributed by atoms with Gasteiger partial charge in [0.2, 0.25) is 0 Å². The van der Waals surface area contributed by atoms with E-state index in [4.69, 9.17) is 14.8 Å². The fourth-order valence-corrected chi connectivity index (χ4v) is 2.33. The van der Waals surface area contributed by atoms with E-state index in [0.717, 1.165) is 36.7 Å². The van der Waals surface area contributed by atoms with Crippen LogP contribution in [0.15, 0.2) is 23.1 Å². The van der Waals surface area contributed by atoms with E-state index in [1.54, 1.807) is 18.8 Å². The second-order valence-electron chi connectivity index (χ2n) is 3.94. The Morgan fingerprint density at radius 2 is 1.87 bits per heavy atom. The number of hydrogen-bond acceptors (Lipinski definition) is 7. The number of aromatic hydroxyl groups is 2. The number of nitrogens with one attached hydrogen (secondary N) is 1. The summed E-state index contributed by atoms with van der Waals surface area (Å²) < 4.78 is 29.5. The highest BCUT2D eigenvalue weighted by atomic mass is 32.2. The van der Waals surface area contributed by atoms with Crippen LogP contribution in [-0.2, 0) is 14.9 Å². The minimum absolute atomic E-state index is 0.0532. The van der Waals surface area contributed by atoms with Crippen LogP contribution in [0.5, 0.6) is 11.5 Å². The zero-order chi connectivity index (χ0) is 18.5. The van der Waals surface area contributed by atoms with Crippen molar-refractivity contribution in [2.45, 2.75) is 31.2 Å². The van der Waals surface area contributed by atoms with E-state index in [9.17, 15) is 13.2 Å². The SMILES string of the molecule is CC.CN[C@H](C=O)CCSC.O=S(=O)(O)c1cc(O)ccc1O. The van der Waals surface area contributed by atoms with E-state index in [-0.39, 0.29) is 11.8 Å². The van der Waals surface area contributed by atoms with Crippen LogP contribution in [0, 0.1) is 0 Å². The molecule has 0 saturated heterocycles. The number of carbonyl (C=O) groups is 1. The molecular weight excluding hydrogens is 342 g/mol. The van der Waals surface area contributed by atoms with Gasteiger partial charge < -0.3 is 20.3 Å². The number of hydrogen-bond donors (Lipinski definition) is 4. The highest BCUT2D eigenvalue weighted by Crippen LogP contribution is 2.25. The number of phenols is 2. The standard InChI is InChI=1S/C6H13NOS.C6H6O5S.C2H6/c1-7-6(5-8)3-4-9-2;7-4-1-2-5(8)6(3-4)12(9,10)11;1-2/h5-7H,3-4H2,1-2H3;1-3,7-8H,(H,9,10,11);1-2H3/t6-;;/m0../s1. The molecular formula is C14H25NO6S2. The first-order valence-corrected chi connectivity index (χ1v) is 9.70. The number of carbonyl (C=O) groups excluding carboxylic acids is 1. The molecule has 9 heteroatoms. The smallest absolute Gasteiger partial charge is 0.298 e. The fourth-order valence-electron chi connectivity index (χ4n) is 1.23. The van der Waals surface area contributed by atoms with Gasteiger partial charge in [-0.05, 0) is 37.6 Å². The van der Waals surface area contributed by atoms with Crippen LogP contribution in [0.1, 0.15) is 20.3 Å². The van der Waals surface area contributed by atoms with Crippen LogP contribution in [0.2, 0.25) is 0 Å². The van der Waals surface area contributed by atoms with Crippen LogP contribution >= 0.6 is 11.8 Å². The Labute approximate surface area is 141 Å². The minimum Gasteiger partial charge on any atom is -0.508 e. The lowest BCUT2D eigenvalue weighted by molar-refractivity contribution is -0.109. The lowest BCUT2D eigenvalue weighted by Crippen LogP contribution is -2.26. The van der Waals surface area contributed by atoms with Crippen molar-refractivity contribution in [3.05, 3.63) is 18.2 Å². The van der Waals surface area contributed by atoms with Crippen molar-refractivity contribution in [2.24, 2.45) is 0 Å². The largest absolute Gasteiger partial charge is 0.508 e. The Morgan fingerprint density at radius 3 is 2.22 bits per heavy atom. The molecule has 0 radical (unpaired) electrons. The molecule has 4 N–H and O–H groups in total. The Balaban J connectivity index is 0. The van der Waals surface area contributed by atoms with Gasteiger partial charge in [0.1, 0.15) is 22.7 Å². The number of rotatable bonds is 6. The monoisotopic (exact) mass is 367 g/mol. The number of phenolic OH excluding ortho intramolecular Hbond substituents is 2. The van der Waals surface area contributed by atoms with Crippen LogP contribution in [-0.4, -0.2) is 54.6 Å². The van der Waals surface area contributed by atoms with Crippen LogP contribution in [0.25, 0.3) is 0 Å². The number of benzene rings is 1. The molecule has 0 aliphatic rings. The molecule has 23 heavy (non-hydrogen) atoms. The molecule has 0 aromatic heterocycles. The second-order valence-corrected chi connectivity index (χ2v) is 6.32. The minimum atomic E-state index is -4.47. The summed E-state index contributed by atoms with van der Waals surface area (Å²) in [6, 6.07) is 2.88. The average molecular weight is 367 g/mol. The molecule has 1 rings (SSSR count). The maximum absolute atomic E-state index is 10.5. The van der Waals surface area contributed by atoms with Crippen LogP contribution < -0.4 is 5.32 Å². The second kappa shape index (κ2) is 13.2. The fraction of sp³-hybridized carbons (Fsp3) is 0.500. The van der Waals surface area contributed by atoms with Crippen molar-refractivity contribution in [1.29, 1.82) is 0 Å². The Morgan fingerprint density at radius 1 is 1.30 bits per heavy atom. The molecule has 0 amide bonds. The highest BCUT2D eigenvalue weighted by Gasteiger charge is 2.15. The zero-order valence-corrected chi connectivity index (χ0v) is 15.3. The van der Waals surface area contributed by atoms with E-state index in [0.29, 0.717) is 0 Å². The van der Waals surface area contributed by atoms with Crippen molar-refractivity contribution in [3.63, 3.8) is 0 Å². The van der Waals surface area contributed by atoms with E-state index < -0.39 is 20.8 Å². The molecule has 0 fully saturated rings. The van der Waals surface area contributed by atoms with Gasteiger partial charge in [0, 0.05) is 6.07 Å². The Bertz CT molecular complexity index is 548. The maximum atomic E-state index is 10.5. The van der Waals surface area contributed by atoms with Gasteiger partial charge >= 0.3 is 0 Å². The van der Waals surface area contributed by atoms with Gasteiger partial charge in [-0.2, -0.15) is 20.2 Å². The van der Waals surface area contributed by atoms with Gasteiger partial charge in [0.15, 0.2) is 0 Å². The molecule has 0 heterocycles. The molecule has 1 aromatic rings. The topological polar surface area (TPSA) is 124 Å². The zero-order valence-electron chi connectivity index (χ0n) is 13.7. The number of thioether (sulfide) groups is 1. The molecule has 1 atom stereocenters. The third-order valence-electron chi connectivity index (χ3n) is 2.39. The first kappa shape index (κ1) is 24.0. The van der Waals surface area contributed by atoms with E-state index in [2.05, 4.69) is 5.32 Å². The summed E-state index contributed by atoms with van der Waals surface area (Å²) >= 11 is 1.76. The summed E-state index contributed by atoms with van der Waals surface area (Å²) in [5.74, 6) is 0.0975. The molecule has 0 unspecified atom stereocenters. The third-order valence-corrected chi connectivity index (χ3v) is 3.92. The highest BCUT2D eigenvalue weighted by molar-refractivity contribution is 7.98. The average Bonchev–Trinajstić information content (AvgIpc) is 2.52. The summed E-state index contributed by atoms with van der Waals surface area (Å²) in [5.41, 5.74) is 0. The predicted molar refractivity (Wildman–Crippen MR) is 92.8 cm³/mol. The third kappa shape index (κ3) is 11.0. The molecule has 7 nitrogen and oxygen atoms in total. The number of likely N-dealkylation sites (N-methyl/N-ethyl adjacent to an activating group) is 1. The van der Waals surface area contributed by atoms with Crippen molar-refractivity contribution in [3.8, 4) is 11.5 Å². The van der Waals surface area contributed by atoms with Gasteiger partial charge in [-0.25, -0.2) is 0 Å². The molecule has 0 aliphatic heterocycles. The summed E-state index contributed by atoms with van der Waals surface area (Å²) in [6.45, 7) is 4.00. The summed E-state index contributed by atoms with van der Waals surface area (Å²) in [5, 5.41) is 20.6. The Kier molecular flexibility index (Phi) is 13.7. The summed E-state index contributed by atoms with van der Waals surface area (Å²) in [4.78, 5) is 9.46. The maximum Gasteiger partial charge on any atom is 0.298 e.